The zero-order chi connectivity index (χ0) is 43.6. The highest BCUT2D eigenvalue weighted by atomic mass is 19.4. The van der Waals surface area contributed by atoms with Gasteiger partial charge in [0, 0.05) is 27.6 Å². The minimum Gasteiger partial charge on any atom is -0.307 e. The number of aromatic nitrogens is 2. The number of fused-ring (bicyclic) bond motifs is 6. The lowest BCUT2D eigenvalue weighted by molar-refractivity contribution is -0.137. The van der Waals surface area contributed by atoms with Gasteiger partial charge >= 0.3 is 6.18 Å². The molecular weight excluding hydrogens is 760 g/mol. The van der Waals surface area contributed by atoms with Gasteiger partial charge in [0.1, 0.15) is 11.6 Å². The molecule has 7 heteroatoms. The second-order valence-electron chi connectivity index (χ2n) is 20.6. The molecule has 2 heterocycles. The Bertz CT molecular complexity index is 2860. The first-order valence-corrected chi connectivity index (χ1v) is 20.6. The third-order valence-electron chi connectivity index (χ3n) is 12.1. The summed E-state index contributed by atoms with van der Waals surface area (Å²) in [5, 5.41) is 3.69. The van der Waals surface area contributed by atoms with E-state index >= 15 is 22.0 Å². The molecule has 0 N–H and O–H groups in total. The first-order valence-electron chi connectivity index (χ1n) is 20.6. The van der Waals surface area contributed by atoms with Crippen molar-refractivity contribution in [2.24, 2.45) is 0 Å². The van der Waals surface area contributed by atoms with Gasteiger partial charge in [-0.05, 0) is 104 Å². The van der Waals surface area contributed by atoms with E-state index in [2.05, 4.69) is 160 Å². The normalized spacial score (nSPS) is 13.4. The number of benzene rings is 6. The van der Waals surface area contributed by atoms with Crippen LogP contribution in [-0.4, -0.2) is 9.13 Å². The van der Waals surface area contributed by atoms with Crippen molar-refractivity contribution >= 4 is 43.6 Å². The molecule has 0 amide bonds. The Balaban J connectivity index is 1.67. The van der Waals surface area contributed by atoms with Crippen molar-refractivity contribution in [2.75, 3.05) is 0 Å². The van der Waals surface area contributed by atoms with Crippen molar-refractivity contribution in [2.45, 2.75) is 111 Å². The molecule has 2 aromatic heterocycles. The Hall–Kier alpha value is -5.43. The van der Waals surface area contributed by atoms with E-state index in [-0.39, 0.29) is 32.8 Å². The fourth-order valence-corrected chi connectivity index (χ4v) is 8.54. The Morgan fingerprint density at radius 1 is 0.367 bits per heavy atom. The molecule has 0 fully saturated rings. The van der Waals surface area contributed by atoms with E-state index < -0.39 is 23.4 Å². The molecular formula is C53H53F5N2. The molecule has 310 valence electrons. The van der Waals surface area contributed by atoms with Crippen molar-refractivity contribution in [1.29, 1.82) is 0 Å². The largest absolute Gasteiger partial charge is 0.417 e. The van der Waals surface area contributed by atoms with Crippen LogP contribution in [0.15, 0.2) is 103 Å². The van der Waals surface area contributed by atoms with Crippen LogP contribution in [-0.2, 0) is 27.8 Å². The van der Waals surface area contributed by atoms with Crippen molar-refractivity contribution in [3.63, 3.8) is 0 Å². The van der Waals surface area contributed by atoms with Gasteiger partial charge in [-0.1, -0.05) is 132 Å². The van der Waals surface area contributed by atoms with E-state index in [4.69, 9.17) is 0 Å². The van der Waals surface area contributed by atoms with Gasteiger partial charge in [0.05, 0.1) is 39.0 Å². The minimum absolute atomic E-state index is 0.202. The number of hydrogen-bond donors (Lipinski definition) is 0. The van der Waals surface area contributed by atoms with E-state index in [1.807, 2.05) is 4.57 Å². The fraction of sp³-hybridized carbons (Fsp3) is 0.321. The average Bonchev–Trinajstić information content (AvgIpc) is 3.63. The molecule has 0 saturated heterocycles. The quantitative estimate of drug-likeness (QED) is 0.157. The van der Waals surface area contributed by atoms with Gasteiger partial charge in [-0.3, -0.25) is 0 Å². The smallest absolute Gasteiger partial charge is 0.307 e. The van der Waals surface area contributed by atoms with Crippen LogP contribution in [0.25, 0.3) is 66.1 Å². The monoisotopic (exact) mass is 812 g/mol. The molecule has 8 aromatic rings. The summed E-state index contributed by atoms with van der Waals surface area (Å²) < 4.78 is 81.4. The standard InChI is InChI=1S/C53H53F5N2/c1-49(2,3)31-13-17-37-38-18-14-32(50(4,5)6)24-44(38)59(43(37)23-31)47-28-41(30-21-35(54)27-36(55)22-30)42(53(56,57)58)29-48(47)60-45-25-33(51(7,8)9)15-19-39(45)40-20-16-34(26-46(40)60)52(10,11)12/h13-29H,1-12H3. The summed E-state index contributed by atoms with van der Waals surface area (Å²) >= 11 is 0. The van der Waals surface area contributed by atoms with E-state index in [1.54, 1.807) is 0 Å². The van der Waals surface area contributed by atoms with Crippen LogP contribution in [0.2, 0.25) is 0 Å². The summed E-state index contributed by atoms with van der Waals surface area (Å²) in [5.41, 5.74) is 5.49. The summed E-state index contributed by atoms with van der Waals surface area (Å²) in [4.78, 5) is 0. The number of rotatable bonds is 3. The zero-order valence-electron chi connectivity index (χ0n) is 36.6. The Morgan fingerprint density at radius 3 is 0.950 bits per heavy atom. The molecule has 0 saturated carbocycles. The highest BCUT2D eigenvalue weighted by Crippen LogP contribution is 2.47. The van der Waals surface area contributed by atoms with E-state index in [0.717, 1.165) is 78.0 Å². The SMILES string of the molecule is CC(C)(C)c1ccc2c3ccc(C(C)(C)C)cc3n(-c3cc(-c4cc(F)cc(F)c4)c(C(F)(F)F)cc3-n3c4cc(C(C)(C)C)ccc4c4ccc(C(C)(C)C)cc43)c2c1. The van der Waals surface area contributed by atoms with Crippen LogP contribution in [0.3, 0.4) is 0 Å². The molecule has 0 unspecified atom stereocenters. The maximum absolute atomic E-state index is 15.8. The van der Waals surface area contributed by atoms with Crippen LogP contribution >= 0.6 is 0 Å². The molecule has 0 bridgehead atoms. The molecule has 0 atom stereocenters. The van der Waals surface area contributed by atoms with Crippen molar-refractivity contribution in [3.05, 3.63) is 143 Å². The predicted octanol–water partition coefficient (Wildman–Crippen LogP) is 16.0. The first-order chi connectivity index (χ1) is 27.7. The maximum atomic E-state index is 15.8. The molecule has 0 aliphatic carbocycles. The topological polar surface area (TPSA) is 9.86 Å². The zero-order valence-corrected chi connectivity index (χ0v) is 36.6. The molecule has 60 heavy (non-hydrogen) atoms. The van der Waals surface area contributed by atoms with Gasteiger partial charge in [0.25, 0.3) is 0 Å². The lowest BCUT2D eigenvalue weighted by Crippen LogP contribution is -2.14. The van der Waals surface area contributed by atoms with Gasteiger partial charge in [0.2, 0.25) is 0 Å². The van der Waals surface area contributed by atoms with Crippen molar-refractivity contribution < 1.29 is 22.0 Å². The van der Waals surface area contributed by atoms with Gasteiger partial charge in [-0.2, -0.15) is 13.2 Å². The van der Waals surface area contributed by atoms with Crippen LogP contribution < -0.4 is 0 Å². The van der Waals surface area contributed by atoms with Crippen molar-refractivity contribution in [1.82, 2.24) is 9.13 Å². The molecule has 8 rings (SSSR count). The van der Waals surface area contributed by atoms with Crippen LogP contribution in [0.5, 0.6) is 0 Å². The fourth-order valence-electron chi connectivity index (χ4n) is 8.54. The highest BCUT2D eigenvalue weighted by molar-refractivity contribution is 6.12. The second kappa shape index (κ2) is 13.5. The van der Waals surface area contributed by atoms with Crippen LogP contribution in [0.1, 0.15) is 111 Å². The second-order valence-corrected chi connectivity index (χ2v) is 20.6. The maximum Gasteiger partial charge on any atom is 0.417 e. The van der Waals surface area contributed by atoms with Crippen LogP contribution in [0.4, 0.5) is 22.0 Å². The first kappa shape index (κ1) is 41.3. The minimum atomic E-state index is -4.89. The third-order valence-corrected chi connectivity index (χ3v) is 12.1. The lowest BCUT2D eigenvalue weighted by atomic mass is 9.86. The van der Waals surface area contributed by atoms with Gasteiger partial charge < -0.3 is 9.13 Å². The molecule has 2 nitrogen and oxygen atoms in total. The third kappa shape index (κ3) is 7.08. The Labute approximate surface area is 349 Å². The summed E-state index contributed by atoms with van der Waals surface area (Å²) in [5.74, 6) is -1.92. The average molecular weight is 813 g/mol. The summed E-state index contributed by atoms with van der Waals surface area (Å²) in [6.45, 7) is 25.5. The molecule has 0 aliphatic rings. The molecule has 0 aliphatic heterocycles. The summed E-state index contributed by atoms with van der Waals surface area (Å²) in [6.07, 6.45) is -4.89. The Morgan fingerprint density at radius 2 is 0.667 bits per heavy atom. The van der Waals surface area contributed by atoms with Crippen LogP contribution in [0, 0.1) is 11.6 Å². The molecule has 6 aromatic carbocycles. The number of nitrogens with zero attached hydrogens (tertiary/aromatic N) is 2. The number of halogens is 5. The predicted molar refractivity (Wildman–Crippen MR) is 240 cm³/mol. The summed E-state index contributed by atoms with van der Waals surface area (Å²) in [6, 6.07) is 30.6. The van der Waals surface area contributed by atoms with Gasteiger partial charge in [-0.15, -0.1) is 0 Å². The highest BCUT2D eigenvalue weighted by Gasteiger charge is 2.37. The van der Waals surface area contributed by atoms with Gasteiger partial charge in [0.15, 0.2) is 0 Å². The Kier molecular flexibility index (Phi) is 9.32. The van der Waals surface area contributed by atoms with E-state index in [0.29, 0.717) is 17.4 Å². The van der Waals surface area contributed by atoms with Gasteiger partial charge in [-0.25, -0.2) is 8.78 Å². The summed E-state index contributed by atoms with van der Waals surface area (Å²) in [7, 11) is 0. The lowest BCUT2D eigenvalue weighted by Gasteiger charge is -2.24. The number of hydrogen-bond acceptors (Lipinski definition) is 0. The van der Waals surface area contributed by atoms with Crippen molar-refractivity contribution in [3.8, 4) is 22.5 Å². The molecule has 0 spiro atoms. The van der Waals surface area contributed by atoms with E-state index in [1.165, 1.54) is 12.1 Å². The van der Waals surface area contributed by atoms with E-state index in [9.17, 15) is 0 Å². The molecule has 0 radical (unpaired) electrons. The number of alkyl halides is 3.